The third-order valence-electron chi connectivity index (χ3n) is 5.02. The van der Waals surface area contributed by atoms with Gasteiger partial charge in [0.25, 0.3) is 0 Å². The maximum Gasteiger partial charge on any atom is 0.247 e. The number of benzene rings is 2. The Morgan fingerprint density at radius 3 is 2.00 bits per heavy atom. The third-order valence-corrected chi connectivity index (χ3v) is 5.02. The highest BCUT2D eigenvalue weighted by molar-refractivity contribution is 5.93. The minimum atomic E-state index is -1.53. The summed E-state index contributed by atoms with van der Waals surface area (Å²) in [4.78, 5) is 12.9. The molecule has 3 rings (SSSR count). The molecule has 1 heterocycles. The van der Waals surface area contributed by atoms with Gasteiger partial charge in [0.1, 0.15) is 0 Å². The molecule has 4 nitrogen and oxygen atoms in total. The Kier molecular flexibility index (Phi) is 3.70. The number of nitrogens with one attached hydrogen (secondary N) is 1. The Balaban J connectivity index is 2.11. The minimum Gasteiger partial charge on any atom is -0.366 e. The second kappa shape index (κ2) is 5.47. The molecule has 24 heavy (non-hydrogen) atoms. The van der Waals surface area contributed by atoms with Crippen molar-refractivity contribution in [3.05, 3.63) is 71.8 Å². The molecule has 0 radical (unpaired) electrons. The first kappa shape index (κ1) is 16.2. The van der Waals surface area contributed by atoms with Gasteiger partial charge in [-0.3, -0.25) is 4.79 Å². The van der Waals surface area contributed by atoms with E-state index >= 15 is 0 Å². The second-order valence-corrected chi connectivity index (χ2v) is 6.97. The molecule has 1 amide bonds. The average molecular weight is 320 g/mol. The predicted molar refractivity (Wildman–Crippen MR) is 90.6 cm³/mol. The van der Waals surface area contributed by atoms with Crippen molar-refractivity contribution in [1.82, 2.24) is 5.32 Å². The molecular formula is C20H20N2O2. The summed E-state index contributed by atoms with van der Waals surface area (Å²) >= 11 is 0. The lowest BCUT2D eigenvalue weighted by atomic mass is 9.60. The Labute approximate surface area is 141 Å². The zero-order valence-electron chi connectivity index (χ0n) is 13.8. The van der Waals surface area contributed by atoms with Gasteiger partial charge in [-0.1, -0.05) is 74.5 Å². The summed E-state index contributed by atoms with van der Waals surface area (Å²) in [6.07, 6.45) is 0.220. The highest BCUT2D eigenvalue weighted by Crippen LogP contribution is 2.50. The molecule has 2 N–H and O–H groups in total. The van der Waals surface area contributed by atoms with Gasteiger partial charge in [-0.05, 0) is 12.0 Å². The first-order valence-corrected chi connectivity index (χ1v) is 7.93. The van der Waals surface area contributed by atoms with E-state index in [1.54, 1.807) is 24.3 Å². The number of nitrogens with zero attached hydrogens (tertiary/aromatic N) is 1. The summed E-state index contributed by atoms with van der Waals surface area (Å²) in [6.45, 7) is 3.74. The number of amides is 1. The van der Waals surface area contributed by atoms with Crippen molar-refractivity contribution in [2.45, 2.75) is 31.4 Å². The van der Waals surface area contributed by atoms with Gasteiger partial charge in [-0.25, -0.2) is 0 Å². The maximum absolute atomic E-state index is 12.9. The largest absolute Gasteiger partial charge is 0.366 e. The van der Waals surface area contributed by atoms with Crippen molar-refractivity contribution in [2.24, 2.45) is 5.41 Å². The van der Waals surface area contributed by atoms with Gasteiger partial charge in [0.2, 0.25) is 5.91 Å². The molecule has 2 aromatic rings. The normalized spacial score (nSPS) is 28.7. The Morgan fingerprint density at radius 1 is 1.00 bits per heavy atom. The summed E-state index contributed by atoms with van der Waals surface area (Å²) in [5.74, 6) is -0.470. The van der Waals surface area contributed by atoms with E-state index in [1.807, 2.05) is 50.2 Å². The fourth-order valence-electron chi connectivity index (χ4n) is 3.56. The lowest BCUT2D eigenvalue weighted by Gasteiger charge is -2.51. The van der Waals surface area contributed by atoms with Crippen LogP contribution in [0.4, 0.5) is 0 Å². The van der Waals surface area contributed by atoms with E-state index in [2.05, 4.69) is 11.4 Å². The van der Waals surface area contributed by atoms with Crippen LogP contribution in [0.15, 0.2) is 60.7 Å². The van der Waals surface area contributed by atoms with Crippen molar-refractivity contribution in [3.63, 3.8) is 0 Å². The maximum atomic E-state index is 12.9. The summed E-state index contributed by atoms with van der Waals surface area (Å²) in [5, 5.41) is 23.9. The second-order valence-electron chi connectivity index (χ2n) is 6.97. The van der Waals surface area contributed by atoms with Crippen molar-refractivity contribution >= 4 is 5.91 Å². The lowest BCUT2D eigenvalue weighted by molar-refractivity contribution is -0.166. The lowest BCUT2D eigenvalue weighted by Crippen LogP contribution is -2.66. The van der Waals surface area contributed by atoms with Crippen LogP contribution in [-0.2, 0) is 15.9 Å². The van der Waals surface area contributed by atoms with Gasteiger partial charge >= 0.3 is 0 Å². The number of carbonyl (C=O) groups is 1. The number of hydrogen-bond acceptors (Lipinski definition) is 3. The molecule has 1 fully saturated rings. The molecule has 0 bridgehead atoms. The highest BCUT2D eigenvalue weighted by atomic mass is 16.3. The number of hydrogen-bond donors (Lipinski definition) is 2. The van der Waals surface area contributed by atoms with E-state index in [-0.39, 0.29) is 6.42 Å². The standard InChI is InChI=1S/C20H20N2O2/c1-18(2)13-19(14-21,15-9-5-3-6-10-15)17(23)22-20(18,24)16-11-7-4-8-12-16/h3-12,24H,13H2,1-2H3,(H,22,23). The molecule has 1 saturated heterocycles. The summed E-state index contributed by atoms with van der Waals surface area (Å²) in [5.41, 5.74) is -2.32. The zero-order valence-corrected chi connectivity index (χ0v) is 13.8. The Bertz CT molecular complexity index is 795. The van der Waals surface area contributed by atoms with E-state index in [0.29, 0.717) is 11.1 Å². The number of rotatable bonds is 2. The van der Waals surface area contributed by atoms with Crippen LogP contribution in [0.3, 0.4) is 0 Å². The van der Waals surface area contributed by atoms with Gasteiger partial charge in [0, 0.05) is 11.0 Å². The molecule has 1 aliphatic heterocycles. The van der Waals surface area contributed by atoms with E-state index in [4.69, 9.17) is 0 Å². The number of nitriles is 1. The summed E-state index contributed by atoms with van der Waals surface area (Å²) < 4.78 is 0. The quantitative estimate of drug-likeness (QED) is 0.893. The molecule has 1 aliphatic rings. The van der Waals surface area contributed by atoms with Crippen LogP contribution < -0.4 is 5.32 Å². The summed E-state index contributed by atoms with van der Waals surface area (Å²) in [6, 6.07) is 20.3. The summed E-state index contributed by atoms with van der Waals surface area (Å²) in [7, 11) is 0. The van der Waals surface area contributed by atoms with Gasteiger partial charge in [0.05, 0.1) is 6.07 Å². The molecule has 0 aliphatic carbocycles. The van der Waals surface area contributed by atoms with Gasteiger partial charge in [-0.2, -0.15) is 5.26 Å². The average Bonchev–Trinajstić information content (AvgIpc) is 2.60. The van der Waals surface area contributed by atoms with Crippen molar-refractivity contribution in [2.75, 3.05) is 0 Å². The molecule has 2 atom stereocenters. The molecule has 2 aromatic carbocycles. The van der Waals surface area contributed by atoms with Crippen molar-refractivity contribution < 1.29 is 9.90 Å². The van der Waals surface area contributed by atoms with Crippen molar-refractivity contribution in [3.8, 4) is 6.07 Å². The first-order valence-electron chi connectivity index (χ1n) is 7.93. The van der Waals surface area contributed by atoms with Crippen LogP contribution in [0.5, 0.6) is 0 Å². The monoisotopic (exact) mass is 320 g/mol. The molecule has 4 heteroatoms. The van der Waals surface area contributed by atoms with E-state index < -0.39 is 22.5 Å². The van der Waals surface area contributed by atoms with Gasteiger partial charge < -0.3 is 10.4 Å². The Hall–Kier alpha value is -2.64. The predicted octanol–water partition coefficient (Wildman–Crippen LogP) is 2.84. The molecule has 2 unspecified atom stereocenters. The van der Waals surface area contributed by atoms with Crippen LogP contribution in [0.2, 0.25) is 0 Å². The van der Waals surface area contributed by atoms with Gasteiger partial charge in [0.15, 0.2) is 11.1 Å². The highest BCUT2D eigenvalue weighted by Gasteiger charge is 2.59. The van der Waals surface area contributed by atoms with Crippen LogP contribution in [0, 0.1) is 16.7 Å². The van der Waals surface area contributed by atoms with Crippen LogP contribution >= 0.6 is 0 Å². The van der Waals surface area contributed by atoms with Crippen LogP contribution in [0.1, 0.15) is 31.4 Å². The first-order chi connectivity index (χ1) is 11.4. The zero-order chi connectivity index (χ0) is 17.4. The van der Waals surface area contributed by atoms with Crippen LogP contribution in [-0.4, -0.2) is 11.0 Å². The van der Waals surface area contributed by atoms with Gasteiger partial charge in [-0.15, -0.1) is 0 Å². The molecule has 122 valence electrons. The fraction of sp³-hybridized carbons (Fsp3) is 0.300. The third kappa shape index (κ3) is 2.21. The van der Waals surface area contributed by atoms with Crippen molar-refractivity contribution in [1.29, 1.82) is 5.26 Å². The number of carbonyl (C=O) groups excluding carboxylic acids is 1. The topological polar surface area (TPSA) is 73.1 Å². The number of piperidine rings is 1. The molecule has 0 saturated carbocycles. The smallest absolute Gasteiger partial charge is 0.247 e. The molecular weight excluding hydrogens is 300 g/mol. The molecule has 0 aromatic heterocycles. The van der Waals surface area contributed by atoms with Crippen LogP contribution in [0.25, 0.3) is 0 Å². The minimum absolute atomic E-state index is 0.220. The SMILES string of the molecule is CC1(C)CC(C#N)(c2ccccc2)C(=O)NC1(O)c1ccccc1. The number of aliphatic hydroxyl groups is 1. The fourth-order valence-corrected chi connectivity index (χ4v) is 3.56. The van der Waals surface area contributed by atoms with E-state index in [0.717, 1.165) is 0 Å². The Morgan fingerprint density at radius 2 is 1.50 bits per heavy atom. The molecule has 0 spiro atoms. The van der Waals surface area contributed by atoms with E-state index in [1.165, 1.54) is 0 Å². The van der Waals surface area contributed by atoms with E-state index in [9.17, 15) is 15.2 Å².